The molecule has 1 aromatic heterocycles. The maximum absolute atomic E-state index is 4.50. The summed E-state index contributed by atoms with van der Waals surface area (Å²) < 4.78 is 5.50. The third-order valence-corrected chi connectivity index (χ3v) is 4.14. The highest BCUT2D eigenvalue weighted by molar-refractivity contribution is 9.10. The Morgan fingerprint density at radius 3 is 2.94 bits per heavy atom. The lowest BCUT2D eigenvalue weighted by atomic mass is 10.1. The van der Waals surface area contributed by atoms with Crippen LogP contribution in [-0.2, 0) is 6.42 Å². The van der Waals surface area contributed by atoms with E-state index in [0.29, 0.717) is 6.04 Å². The molecule has 2 aromatic rings. The maximum atomic E-state index is 4.50. The molecule has 17 heavy (non-hydrogen) atoms. The van der Waals surface area contributed by atoms with Crippen molar-refractivity contribution >= 4 is 32.6 Å². The fourth-order valence-corrected chi connectivity index (χ4v) is 2.69. The molecule has 1 N–H and O–H groups in total. The van der Waals surface area contributed by atoms with Gasteiger partial charge in [-0.15, -0.1) is 0 Å². The van der Waals surface area contributed by atoms with Gasteiger partial charge in [0.05, 0.1) is 0 Å². The van der Waals surface area contributed by atoms with Crippen molar-refractivity contribution in [3.05, 3.63) is 40.1 Å². The van der Waals surface area contributed by atoms with E-state index < -0.39 is 0 Å². The largest absolute Gasteiger partial charge is 0.358 e. The van der Waals surface area contributed by atoms with Gasteiger partial charge in [-0.05, 0) is 24.5 Å². The molecule has 88 valence electrons. The van der Waals surface area contributed by atoms with E-state index >= 15 is 0 Å². The first-order valence-corrected chi connectivity index (χ1v) is 7.20. The van der Waals surface area contributed by atoms with Gasteiger partial charge in [0.2, 0.25) is 5.13 Å². The van der Waals surface area contributed by atoms with Crippen molar-refractivity contribution in [2.45, 2.75) is 25.3 Å². The van der Waals surface area contributed by atoms with Crippen LogP contribution in [-0.4, -0.2) is 15.4 Å². The molecule has 0 spiro atoms. The number of aromatic nitrogens is 2. The molecule has 0 unspecified atom stereocenters. The number of rotatable bonds is 4. The summed E-state index contributed by atoms with van der Waals surface area (Å²) in [6, 6.07) is 8.83. The van der Waals surface area contributed by atoms with Gasteiger partial charge in [-0.1, -0.05) is 34.1 Å². The third kappa shape index (κ3) is 2.84. The van der Waals surface area contributed by atoms with Crippen LogP contribution in [0.3, 0.4) is 0 Å². The van der Waals surface area contributed by atoms with E-state index in [1.807, 2.05) is 18.2 Å². The molecule has 0 amide bonds. The Hall–Kier alpha value is -0.940. The molecule has 1 aliphatic carbocycles. The highest BCUT2D eigenvalue weighted by Gasteiger charge is 2.22. The molecule has 1 heterocycles. The lowest BCUT2D eigenvalue weighted by Crippen LogP contribution is -2.00. The van der Waals surface area contributed by atoms with Crippen LogP contribution in [0.15, 0.2) is 28.7 Å². The van der Waals surface area contributed by atoms with Gasteiger partial charge in [-0.3, -0.25) is 0 Å². The van der Waals surface area contributed by atoms with Crippen molar-refractivity contribution in [2.24, 2.45) is 0 Å². The standard InChI is InChI=1S/C12H12BrN3S/c13-10-4-2-1-3-8(10)7-11-15-12(17-16-11)14-9-5-6-9/h1-4,9H,5-7H2,(H,14,15,16). The van der Waals surface area contributed by atoms with Crippen LogP contribution in [0.4, 0.5) is 5.13 Å². The van der Waals surface area contributed by atoms with Crippen molar-refractivity contribution in [1.82, 2.24) is 9.36 Å². The van der Waals surface area contributed by atoms with E-state index in [2.05, 4.69) is 36.7 Å². The molecule has 0 saturated heterocycles. The predicted octanol–water partition coefficient (Wildman–Crippen LogP) is 3.47. The van der Waals surface area contributed by atoms with Crippen molar-refractivity contribution < 1.29 is 0 Å². The Labute approximate surface area is 113 Å². The molecule has 1 saturated carbocycles. The minimum atomic E-state index is 0.638. The molecular formula is C12H12BrN3S. The Bertz CT molecular complexity index is 522. The van der Waals surface area contributed by atoms with Crippen LogP contribution in [0.2, 0.25) is 0 Å². The molecule has 1 fully saturated rings. The van der Waals surface area contributed by atoms with Gasteiger partial charge in [0, 0.05) is 28.5 Å². The SMILES string of the molecule is Brc1ccccc1Cc1nsc(NC2CC2)n1. The van der Waals surface area contributed by atoms with Crippen LogP contribution < -0.4 is 5.32 Å². The summed E-state index contributed by atoms with van der Waals surface area (Å²) in [6.45, 7) is 0. The molecule has 3 nitrogen and oxygen atoms in total. The summed E-state index contributed by atoms with van der Waals surface area (Å²) in [5, 5.41) is 4.32. The summed E-state index contributed by atoms with van der Waals surface area (Å²) in [5.41, 5.74) is 1.23. The summed E-state index contributed by atoms with van der Waals surface area (Å²) >= 11 is 5.00. The van der Waals surface area contributed by atoms with E-state index in [1.54, 1.807) is 0 Å². The van der Waals surface area contributed by atoms with E-state index in [1.165, 1.54) is 29.9 Å². The van der Waals surface area contributed by atoms with Crippen molar-refractivity contribution in [3.63, 3.8) is 0 Å². The highest BCUT2D eigenvalue weighted by Crippen LogP contribution is 2.26. The molecule has 0 atom stereocenters. The number of nitrogens with one attached hydrogen (secondary N) is 1. The molecule has 0 aliphatic heterocycles. The van der Waals surface area contributed by atoms with Crippen LogP contribution >= 0.6 is 27.5 Å². The molecule has 1 aromatic carbocycles. The van der Waals surface area contributed by atoms with Gasteiger partial charge < -0.3 is 5.32 Å². The Balaban J connectivity index is 1.72. The quantitative estimate of drug-likeness (QED) is 0.939. The van der Waals surface area contributed by atoms with Crippen molar-refractivity contribution in [1.29, 1.82) is 0 Å². The zero-order chi connectivity index (χ0) is 11.7. The Morgan fingerprint density at radius 2 is 2.18 bits per heavy atom. The van der Waals surface area contributed by atoms with Gasteiger partial charge in [-0.25, -0.2) is 4.98 Å². The maximum Gasteiger partial charge on any atom is 0.202 e. The van der Waals surface area contributed by atoms with E-state index in [4.69, 9.17) is 0 Å². The zero-order valence-electron chi connectivity index (χ0n) is 9.19. The number of benzene rings is 1. The third-order valence-electron chi connectivity index (χ3n) is 2.68. The molecular weight excluding hydrogens is 298 g/mol. The second-order valence-electron chi connectivity index (χ2n) is 4.20. The average molecular weight is 310 g/mol. The monoisotopic (exact) mass is 309 g/mol. The topological polar surface area (TPSA) is 37.8 Å². The first-order chi connectivity index (χ1) is 8.31. The predicted molar refractivity (Wildman–Crippen MR) is 73.5 cm³/mol. The summed E-state index contributed by atoms with van der Waals surface area (Å²) in [4.78, 5) is 4.50. The fourth-order valence-electron chi connectivity index (χ4n) is 1.60. The summed E-state index contributed by atoms with van der Waals surface area (Å²) in [6.07, 6.45) is 3.31. The number of nitrogens with zero attached hydrogens (tertiary/aromatic N) is 2. The fraction of sp³-hybridized carbons (Fsp3) is 0.333. The van der Waals surface area contributed by atoms with Crippen molar-refractivity contribution in [2.75, 3.05) is 5.32 Å². The van der Waals surface area contributed by atoms with E-state index in [0.717, 1.165) is 21.8 Å². The Kier molecular flexibility index (Phi) is 3.11. The lowest BCUT2D eigenvalue weighted by molar-refractivity contribution is 1.02. The van der Waals surface area contributed by atoms with Crippen LogP contribution in [0.5, 0.6) is 0 Å². The lowest BCUT2D eigenvalue weighted by Gasteiger charge is -2.00. The molecule has 0 bridgehead atoms. The second kappa shape index (κ2) is 4.74. The normalized spacial score (nSPS) is 14.9. The van der Waals surface area contributed by atoms with E-state index in [-0.39, 0.29) is 0 Å². The Morgan fingerprint density at radius 1 is 1.35 bits per heavy atom. The van der Waals surface area contributed by atoms with Crippen LogP contribution in [0, 0.1) is 0 Å². The number of halogens is 1. The van der Waals surface area contributed by atoms with E-state index in [9.17, 15) is 0 Å². The van der Waals surface area contributed by atoms with Crippen LogP contribution in [0.1, 0.15) is 24.2 Å². The number of hydrogen-bond acceptors (Lipinski definition) is 4. The first kappa shape index (κ1) is 11.2. The summed E-state index contributed by atoms with van der Waals surface area (Å²) in [7, 11) is 0. The zero-order valence-corrected chi connectivity index (χ0v) is 11.6. The summed E-state index contributed by atoms with van der Waals surface area (Å²) in [5.74, 6) is 0.894. The average Bonchev–Trinajstić information content (AvgIpc) is 3.02. The van der Waals surface area contributed by atoms with Gasteiger partial charge in [0.25, 0.3) is 0 Å². The molecule has 3 rings (SSSR count). The van der Waals surface area contributed by atoms with Gasteiger partial charge in [0.15, 0.2) is 0 Å². The highest BCUT2D eigenvalue weighted by atomic mass is 79.9. The molecule has 5 heteroatoms. The first-order valence-electron chi connectivity index (χ1n) is 5.64. The van der Waals surface area contributed by atoms with Gasteiger partial charge >= 0.3 is 0 Å². The smallest absolute Gasteiger partial charge is 0.202 e. The molecule has 1 aliphatic rings. The molecule has 0 radical (unpaired) electrons. The van der Waals surface area contributed by atoms with Gasteiger partial charge in [0.1, 0.15) is 5.82 Å². The van der Waals surface area contributed by atoms with Crippen molar-refractivity contribution in [3.8, 4) is 0 Å². The second-order valence-corrected chi connectivity index (χ2v) is 5.81. The van der Waals surface area contributed by atoms with Gasteiger partial charge in [-0.2, -0.15) is 4.37 Å². The number of anilines is 1. The number of hydrogen-bond donors (Lipinski definition) is 1. The minimum Gasteiger partial charge on any atom is -0.358 e. The minimum absolute atomic E-state index is 0.638. The van der Waals surface area contributed by atoms with Crippen LogP contribution in [0.25, 0.3) is 0 Å².